The van der Waals surface area contributed by atoms with Gasteiger partial charge in [-0.3, -0.25) is 9.78 Å². The Bertz CT molecular complexity index is 653. The number of hydrogen-bond donors (Lipinski definition) is 1. The topological polar surface area (TPSA) is 68.5 Å². The smallest absolute Gasteiger partial charge is 0.387 e. The fraction of sp³-hybridized carbons (Fsp3) is 0.667. The van der Waals surface area contributed by atoms with Gasteiger partial charge in [0.15, 0.2) is 0 Å². The normalized spacial score (nSPS) is 26.2. The van der Waals surface area contributed by atoms with Crippen LogP contribution < -0.4 is 10.5 Å². The van der Waals surface area contributed by atoms with Crippen LogP contribution in [0.25, 0.3) is 0 Å². The molecule has 1 aliphatic carbocycles. The van der Waals surface area contributed by atoms with Crippen LogP contribution in [0.2, 0.25) is 0 Å². The number of pyridine rings is 1. The maximum absolute atomic E-state index is 13.3. The van der Waals surface area contributed by atoms with Crippen molar-refractivity contribution in [1.29, 1.82) is 0 Å². The van der Waals surface area contributed by atoms with Gasteiger partial charge in [-0.15, -0.1) is 0 Å². The zero-order valence-corrected chi connectivity index (χ0v) is 14.7. The number of ether oxygens (including phenoxy) is 1. The van der Waals surface area contributed by atoms with E-state index in [2.05, 4.69) is 23.6 Å². The molecule has 2 heterocycles. The summed E-state index contributed by atoms with van der Waals surface area (Å²) in [6.45, 7) is 2.24. The standard InChI is InChI=1S/C18H25F2N3O2/c1-11(2)18(5-3-13(21)8-18)16(24)23-6-4-15-12(10-23)7-14(9-22-15)25-17(19)20/h7,9,11,13,17H,3-6,8,10,21H2,1-2H3. The van der Waals surface area contributed by atoms with Gasteiger partial charge in [0, 0.05) is 31.2 Å². The number of halogens is 2. The molecule has 1 aromatic heterocycles. The molecular formula is C18H25F2N3O2. The number of fused-ring (bicyclic) bond motifs is 1. The molecule has 1 aromatic rings. The third-order valence-electron chi connectivity index (χ3n) is 5.65. The highest BCUT2D eigenvalue weighted by atomic mass is 19.3. The van der Waals surface area contributed by atoms with Gasteiger partial charge in [0.2, 0.25) is 5.91 Å². The van der Waals surface area contributed by atoms with Crippen molar-refractivity contribution in [3.63, 3.8) is 0 Å². The van der Waals surface area contributed by atoms with Crippen LogP contribution in [0.15, 0.2) is 12.3 Å². The summed E-state index contributed by atoms with van der Waals surface area (Å²) in [4.78, 5) is 19.3. The molecule has 0 aromatic carbocycles. The van der Waals surface area contributed by atoms with Crippen molar-refractivity contribution in [2.24, 2.45) is 17.1 Å². The van der Waals surface area contributed by atoms with Crippen LogP contribution in [0.1, 0.15) is 44.4 Å². The van der Waals surface area contributed by atoms with Crippen LogP contribution in [0.5, 0.6) is 5.75 Å². The first-order valence-electron chi connectivity index (χ1n) is 8.79. The molecule has 25 heavy (non-hydrogen) atoms. The molecule has 3 rings (SSSR count). The number of amides is 1. The van der Waals surface area contributed by atoms with Crippen molar-refractivity contribution >= 4 is 5.91 Å². The lowest BCUT2D eigenvalue weighted by molar-refractivity contribution is -0.145. The van der Waals surface area contributed by atoms with Gasteiger partial charge in [-0.2, -0.15) is 8.78 Å². The number of alkyl halides is 2. The largest absolute Gasteiger partial charge is 0.433 e. The highest BCUT2D eigenvalue weighted by molar-refractivity contribution is 5.83. The first-order valence-corrected chi connectivity index (χ1v) is 8.79. The quantitative estimate of drug-likeness (QED) is 0.904. The predicted molar refractivity (Wildman–Crippen MR) is 89.1 cm³/mol. The Balaban J connectivity index is 1.80. The number of nitrogens with zero attached hydrogens (tertiary/aromatic N) is 2. The predicted octanol–water partition coefficient (Wildman–Crippen LogP) is 2.72. The van der Waals surface area contributed by atoms with Gasteiger partial charge in [-0.25, -0.2) is 0 Å². The highest BCUT2D eigenvalue weighted by Crippen LogP contribution is 2.45. The zero-order valence-electron chi connectivity index (χ0n) is 14.7. The molecule has 1 aliphatic heterocycles. The van der Waals surface area contributed by atoms with Crippen molar-refractivity contribution in [2.75, 3.05) is 6.54 Å². The summed E-state index contributed by atoms with van der Waals surface area (Å²) in [5.74, 6) is 0.368. The van der Waals surface area contributed by atoms with Crippen molar-refractivity contribution in [3.8, 4) is 5.75 Å². The molecule has 1 saturated carbocycles. The summed E-state index contributed by atoms with van der Waals surface area (Å²) in [7, 11) is 0. The lowest BCUT2D eigenvalue weighted by Crippen LogP contribution is -2.48. The zero-order chi connectivity index (χ0) is 18.2. The van der Waals surface area contributed by atoms with Crippen LogP contribution in [0.3, 0.4) is 0 Å². The number of rotatable bonds is 4. The van der Waals surface area contributed by atoms with Gasteiger partial charge in [-0.1, -0.05) is 13.8 Å². The summed E-state index contributed by atoms with van der Waals surface area (Å²) < 4.78 is 29.3. The van der Waals surface area contributed by atoms with Gasteiger partial charge in [0.05, 0.1) is 11.6 Å². The van der Waals surface area contributed by atoms with Crippen molar-refractivity contribution in [2.45, 2.75) is 58.7 Å². The number of nitrogens with two attached hydrogens (primary N) is 1. The summed E-state index contributed by atoms with van der Waals surface area (Å²) in [6, 6.07) is 1.63. The maximum atomic E-state index is 13.3. The Morgan fingerprint density at radius 3 is 2.84 bits per heavy atom. The molecule has 0 bridgehead atoms. The molecule has 138 valence electrons. The van der Waals surface area contributed by atoms with Crippen LogP contribution in [-0.2, 0) is 17.8 Å². The van der Waals surface area contributed by atoms with Crippen LogP contribution >= 0.6 is 0 Å². The molecule has 2 atom stereocenters. The average molecular weight is 353 g/mol. The van der Waals surface area contributed by atoms with E-state index in [4.69, 9.17) is 5.73 Å². The first kappa shape index (κ1) is 18.0. The monoisotopic (exact) mass is 353 g/mol. The van der Waals surface area contributed by atoms with Crippen molar-refractivity contribution < 1.29 is 18.3 Å². The molecular weight excluding hydrogens is 328 g/mol. The van der Waals surface area contributed by atoms with Gasteiger partial charge >= 0.3 is 6.61 Å². The molecule has 7 heteroatoms. The number of carbonyl (C=O) groups excluding carboxylic acids is 1. The van der Waals surface area contributed by atoms with Crippen LogP contribution in [-0.4, -0.2) is 35.0 Å². The Labute approximate surface area is 146 Å². The number of hydrogen-bond acceptors (Lipinski definition) is 4. The second-order valence-corrected chi connectivity index (χ2v) is 7.45. The van der Waals surface area contributed by atoms with E-state index in [0.29, 0.717) is 25.9 Å². The third kappa shape index (κ3) is 3.47. The second-order valence-electron chi connectivity index (χ2n) is 7.45. The molecule has 0 saturated heterocycles. The Kier molecular flexibility index (Phi) is 4.95. The van der Waals surface area contributed by atoms with E-state index < -0.39 is 12.0 Å². The number of carbonyl (C=O) groups is 1. The number of aromatic nitrogens is 1. The molecule has 0 radical (unpaired) electrons. The maximum Gasteiger partial charge on any atom is 0.387 e. The van der Waals surface area contributed by atoms with Gasteiger partial charge in [0.1, 0.15) is 5.75 Å². The van der Waals surface area contributed by atoms with E-state index in [0.717, 1.165) is 24.1 Å². The Morgan fingerprint density at radius 2 is 2.24 bits per heavy atom. The fourth-order valence-electron chi connectivity index (χ4n) is 4.14. The molecule has 5 nitrogen and oxygen atoms in total. The molecule has 2 aliphatic rings. The van der Waals surface area contributed by atoms with Gasteiger partial charge in [0.25, 0.3) is 0 Å². The summed E-state index contributed by atoms with van der Waals surface area (Å²) >= 11 is 0. The molecule has 1 amide bonds. The van der Waals surface area contributed by atoms with E-state index >= 15 is 0 Å². The fourth-order valence-corrected chi connectivity index (χ4v) is 4.14. The Hall–Kier alpha value is -1.76. The molecule has 1 fully saturated rings. The van der Waals surface area contributed by atoms with E-state index in [1.807, 2.05) is 4.90 Å². The minimum absolute atomic E-state index is 0.0320. The molecule has 2 N–H and O–H groups in total. The van der Waals surface area contributed by atoms with E-state index in [-0.39, 0.29) is 23.6 Å². The Morgan fingerprint density at radius 1 is 1.48 bits per heavy atom. The van der Waals surface area contributed by atoms with Crippen molar-refractivity contribution in [1.82, 2.24) is 9.88 Å². The van der Waals surface area contributed by atoms with Crippen LogP contribution in [0, 0.1) is 11.3 Å². The first-order chi connectivity index (χ1) is 11.8. The average Bonchev–Trinajstić information content (AvgIpc) is 2.96. The lowest BCUT2D eigenvalue weighted by Gasteiger charge is -2.39. The molecule has 2 unspecified atom stereocenters. The summed E-state index contributed by atoms with van der Waals surface area (Å²) in [5, 5.41) is 0. The van der Waals surface area contributed by atoms with Gasteiger partial charge in [-0.05, 0) is 36.8 Å². The minimum Gasteiger partial charge on any atom is -0.433 e. The van der Waals surface area contributed by atoms with Crippen molar-refractivity contribution in [3.05, 3.63) is 23.5 Å². The molecule has 0 spiro atoms. The second kappa shape index (κ2) is 6.86. The third-order valence-corrected chi connectivity index (χ3v) is 5.65. The van der Waals surface area contributed by atoms with E-state index in [1.165, 1.54) is 6.20 Å². The van der Waals surface area contributed by atoms with Gasteiger partial charge < -0.3 is 15.4 Å². The SMILES string of the molecule is CC(C)C1(C(=O)N2CCc3ncc(OC(F)F)cc3C2)CCC(N)C1. The highest BCUT2D eigenvalue weighted by Gasteiger charge is 2.48. The summed E-state index contributed by atoms with van der Waals surface area (Å²) in [6.07, 6.45) is 4.31. The van der Waals surface area contributed by atoms with Crippen LogP contribution in [0.4, 0.5) is 8.78 Å². The van der Waals surface area contributed by atoms with E-state index in [9.17, 15) is 13.6 Å². The van der Waals surface area contributed by atoms with E-state index in [1.54, 1.807) is 6.07 Å². The lowest BCUT2D eigenvalue weighted by atomic mass is 9.74. The minimum atomic E-state index is -2.88. The summed E-state index contributed by atoms with van der Waals surface area (Å²) in [5.41, 5.74) is 7.29.